The largest absolute Gasteiger partial charge is 0.444 e. The molecule has 0 spiro atoms. The fraction of sp³-hybridized carbons (Fsp3) is 0.644. The van der Waals surface area contributed by atoms with Crippen molar-refractivity contribution in [1.29, 1.82) is 0 Å². The summed E-state index contributed by atoms with van der Waals surface area (Å²) in [6.07, 6.45) is 11.0. The van der Waals surface area contributed by atoms with Crippen LogP contribution in [0.25, 0.3) is 21.6 Å². The van der Waals surface area contributed by atoms with E-state index in [0.717, 1.165) is 72.6 Å². The van der Waals surface area contributed by atoms with Gasteiger partial charge in [0.25, 0.3) is 5.91 Å². The molecular weight excluding hydrogens is 847 g/mol. The quantitative estimate of drug-likeness (QED) is 0.180. The number of nitrogens with one attached hydrogen (secondary N) is 4. The first-order valence-electron chi connectivity index (χ1n) is 22.4. The van der Waals surface area contributed by atoms with Crippen molar-refractivity contribution in [1.82, 2.24) is 34.8 Å². The minimum Gasteiger partial charge on any atom is -0.444 e. The van der Waals surface area contributed by atoms with Crippen LogP contribution in [0.1, 0.15) is 141 Å². The zero-order valence-electron chi connectivity index (χ0n) is 37.3. The van der Waals surface area contributed by atoms with Crippen LogP contribution in [0, 0.1) is 5.92 Å². The maximum Gasteiger partial charge on any atom is 0.408 e. The van der Waals surface area contributed by atoms with E-state index in [1.165, 1.54) is 4.90 Å². The lowest BCUT2D eigenvalue weighted by Gasteiger charge is -2.30. The Morgan fingerprint density at radius 2 is 1.79 bits per heavy atom. The summed E-state index contributed by atoms with van der Waals surface area (Å²) in [7, 11) is -3.88. The van der Waals surface area contributed by atoms with Crippen molar-refractivity contribution < 1.29 is 41.3 Å². The van der Waals surface area contributed by atoms with Gasteiger partial charge in [-0.05, 0) is 118 Å². The van der Waals surface area contributed by atoms with Crippen LogP contribution in [0.3, 0.4) is 0 Å². The lowest BCUT2D eigenvalue weighted by Crippen LogP contribution is -2.58. The number of hydrogen-bond acceptors (Lipinski definition) is 11. The van der Waals surface area contributed by atoms with Crippen LogP contribution in [0.15, 0.2) is 40.5 Å². The van der Waals surface area contributed by atoms with E-state index in [0.29, 0.717) is 51.0 Å². The van der Waals surface area contributed by atoms with Gasteiger partial charge >= 0.3 is 11.8 Å². The summed E-state index contributed by atoms with van der Waals surface area (Å²) in [6, 6.07) is 4.48. The molecule has 5 heterocycles. The summed E-state index contributed by atoms with van der Waals surface area (Å²) in [4.78, 5) is 74.7. The number of para-hydroxylation sites is 1. The molecule has 2 aromatic heterocycles. The minimum atomic E-state index is -3.88. The molecule has 5 aliphatic rings. The van der Waals surface area contributed by atoms with Gasteiger partial charge in [-0.15, -0.1) is 11.3 Å². The Labute approximate surface area is 377 Å². The number of aromatic nitrogens is 3. The molecular formula is C45H69N7O9S2. The zero-order valence-corrected chi connectivity index (χ0v) is 38.9. The monoisotopic (exact) mass is 915 g/mol. The number of benzene rings is 1. The Balaban J connectivity index is 0.000000303. The molecule has 4 N–H and O–H groups in total. The summed E-state index contributed by atoms with van der Waals surface area (Å²) >= 11 is 1.65. The molecule has 4 atom stereocenters. The third kappa shape index (κ3) is 10.4. The van der Waals surface area contributed by atoms with Gasteiger partial charge < -0.3 is 30.0 Å². The van der Waals surface area contributed by atoms with E-state index in [4.69, 9.17) is 14.5 Å². The number of allylic oxidation sites excluding steroid dienone is 1. The van der Waals surface area contributed by atoms with Gasteiger partial charge in [0.05, 0.1) is 21.5 Å². The van der Waals surface area contributed by atoms with Crippen molar-refractivity contribution in [3.05, 3.63) is 51.9 Å². The Kier molecular flexibility index (Phi) is 13.6. The summed E-state index contributed by atoms with van der Waals surface area (Å²) in [5.41, 5.74) is 1.81. The Hall–Kier alpha value is -4.55. The van der Waals surface area contributed by atoms with E-state index in [1.807, 2.05) is 44.2 Å². The minimum absolute atomic E-state index is 0. The first-order chi connectivity index (χ1) is 29.8. The first-order valence-corrected chi connectivity index (χ1v) is 24.8. The second-order valence-electron chi connectivity index (χ2n) is 19.2. The van der Waals surface area contributed by atoms with Crippen LogP contribution in [0.4, 0.5) is 4.79 Å². The fourth-order valence-electron chi connectivity index (χ4n) is 8.75. The molecule has 3 aromatic rings. The van der Waals surface area contributed by atoms with Crippen molar-refractivity contribution in [3.63, 3.8) is 0 Å². The maximum absolute atomic E-state index is 13.6. The number of ether oxygens (including phenoxy) is 2. The predicted molar refractivity (Wildman–Crippen MR) is 247 cm³/mol. The summed E-state index contributed by atoms with van der Waals surface area (Å²) in [5, 5.41) is 8.67. The number of imidazole rings is 1. The number of sulfonamides is 1. The average molecular weight is 916 g/mol. The third-order valence-corrected chi connectivity index (χ3v) is 15.9. The predicted octanol–water partition coefficient (Wildman–Crippen LogP) is 6.93. The highest BCUT2D eigenvalue weighted by Crippen LogP contribution is 2.47. The second-order valence-corrected chi connectivity index (χ2v) is 22.2. The van der Waals surface area contributed by atoms with Crippen LogP contribution >= 0.6 is 11.3 Å². The number of rotatable bonds is 7. The molecule has 0 bridgehead atoms. The van der Waals surface area contributed by atoms with E-state index in [-0.39, 0.29) is 34.3 Å². The van der Waals surface area contributed by atoms with Gasteiger partial charge in [0.2, 0.25) is 21.8 Å². The van der Waals surface area contributed by atoms with Gasteiger partial charge in [-0.1, -0.05) is 31.1 Å². The number of nitrogens with zero attached hydrogens (tertiary/aromatic N) is 3. The van der Waals surface area contributed by atoms with E-state index in [2.05, 4.69) is 25.7 Å². The Bertz CT molecular complexity index is 2400. The molecule has 2 saturated carbocycles. The lowest BCUT2D eigenvalue weighted by molar-refractivity contribution is -0.141. The number of alkyl carbamates (subject to hydrolysis) is 1. The van der Waals surface area contributed by atoms with Crippen molar-refractivity contribution in [2.24, 2.45) is 5.92 Å². The van der Waals surface area contributed by atoms with Gasteiger partial charge in [-0.25, -0.2) is 23.0 Å². The SMILES string of the molecule is CC(C)(C)OC(=O)N[C@H]1CCCCC/C=C\[C@@H]2C[C@@]2(C(=O)NS(=O)(=O)C2(C)CC2)NC(=O)[C@@H]2CCCN2C1=O.CC(C)n1c(=O)[nH]c2c(-c3nc(C4CCOCC4)cs3)cccc21.[HH].[HH].[HH]. The topological polar surface area (TPSA) is 211 Å². The van der Waals surface area contributed by atoms with Gasteiger partial charge in [0, 0.05) is 52.9 Å². The third-order valence-electron chi connectivity index (χ3n) is 12.8. The molecule has 0 unspecified atom stereocenters. The standard InChI is InChI=1S/C27H42N4O7S.C18H21N3O2S.3H2/c1-25(2,3)38-24(35)28-19-12-9-7-5-6-8-11-18-17-27(18,23(34)30-39(36,37)26(4)14-15-26)29-21(32)20-13-10-16-31(20)22(19)33;1-11(2)21-15-5-3-4-13(16(15)20-18(21)22)17-19-14(10-24-17)12-6-8-23-9-7-12;;;/h8,11,18-20H,5-7,9-10,12-17H2,1-4H3,(H,28,35)(H,29,32)(H,30,34);3-5,10-12H,6-9H2,1-2H3,(H,20,22);3*1H/b11-8-;;;;/t18-,19+,20+,27-;;;;/m1..../s1. The lowest BCUT2D eigenvalue weighted by atomic mass is 9.97. The molecule has 1 aromatic carbocycles. The van der Waals surface area contributed by atoms with Gasteiger partial charge in [0.15, 0.2) is 0 Å². The van der Waals surface area contributed by atoms with Crippen LogP contribution in [0.2, 0.25) is 0 Å². The highest BCUT2D eigenvalue weighted by molar-refractivity contribution is 7.91. The van der Waals surface area contributed by atoms with E-state index in [9.17, 15) is 32.4 Å². The molecule has 63 heavy (non-hydrogen) atoms. The van der Waals surface area contributed by atoms with Crippen molar-refractivity contribution in [3.8, 4) is 10.6 Å². The number of hydrogen-bond donors (Lipinski definition) is 4. The second kappa shape index (κ2) is 18.5. The molecule has 350 valence electrons. The number of aromatic amines is 1. The van der Waals surface area contributed by atoms with Gasteiger partial charge in [-0.2, -0.15) is 0 Å². The fourth-order valence-corrected chi connectivity index (χ4v) is 11.0. The van der Waals surface area contributed by atoms with Crippen LogP contribution in [-0.2, 0) is 33.9 Å². The number of thiazole rings is 1. The van der Waals surface area contributed by atoms with Crippen molar-refractivity contribution >= 4 is 56.2 Å². The summed E-state index contributed by atoms with van der Waals surface area (Å²) < 4.78 is 39.5. The molecule has 8 rings (SSSR count). The first kappa shape index (κ1) is 46.4. The van der Waals surface area contributed by atoms with Gasteiger partial charge in [-0.3, -0.25) is 23.7 Å². The molecule has 3 aliphatic heterocycles. The average Bonchev–Trinajstić information content (AvgIpc) is 3.86. The van der Waals surface area contributed by atoms with E-state index < -0.39 is 55.9 Å². The molecule has 18 heteroatoms. The molecule has 2 saturated heterocycles. The van der Waals surface area contributed by atoms with Crippen molar-refractivity contribution in [2.45, 2.75) is 159 Å². The molecule has 2 aliphatic carbocycles. The number of H-pyrrole nitrogens is 1. The Morgan fingerprint density at radius 1 is 1.05 bits per heavy atom. The zero-order chi connectivity index (χ0) is 45.3. The summed E-state index contributed by atoms with van der Waals surface area (Å²) in [5.74, 6) is -1.43. The molecule has 4 amide bonds. The van der Waals surface area contributed by atoms with Crippen molar-refractivity contribution in [2.75, 3.05) is 19.8 Å². The van der Waals surface area contributed by atoms with Crippen LogP contribution in [-0.4, -0.2) is 99.4 Å². The van der Waals surface area contributed by atoms with E-state index >= 15 is 0 Å². The highest BCUT2D eigenvalue weighted by atomic mass is 32.2. The molecule has 16 nitrogen and oxygen atoms in total. The highest BCUT2D eigenvalue weighted by Gasteiger charge is 2.63. The maximum atomic E-state index is 13.6. The normalized spacial score (nSPS) is 26.0. The molecule has 4 fully saturated rings. The van der Waals surface area contributed by atoms with Gasteiger partial charge in [0.1, 0.15) is 28.2 Å². The number of carbonyl (C=O) groups excluding carboxylic acids is 4. The van der Waals surface area contributed by atoms with E-state index in [1.54, 1.807) is 43.6 Å². The molecule has 0 radical (unpaired) electrons. The van der Waals surface area contributed by atoms with Crippen LogP contribution < -0.4 is 21.0 Å². The number of carbonyl (C=O) groups is 4. The Morgan fingerprint density at radius 3 is 2.49 bits per heavy atom. The number of fused-ring (bicyclic) bond motifs is 3. The smallest absolute Gasteiger partial charge is 0.408 e. The van der Waals surface area contributed by atoms with Crippen LogP contribution in [0.5, 0.6) is 0 Å². The summed E-state index contributed by atoms with van der Waals surface area (Å²) in [6.45, 7) is 12.9. The number of amides is 4.